The molecule has 0 spiro atoms. The van der Waals surface area contributed by atoms with Crippen LogP contribution in [-0.4, -0.2) is 30.3 Å². The van der Waals surface area contributed by atoms with Crippen molar-refractivity contribution in [1.29, 1.82) is 0 Å². The Morgan fingerprint density at radius 2 is 2.05 bits per heavy atom. The van der Waals surface area contributed by atoms with Crippen LogP contribution < -0.4 is 5.32 Å². The lowest BCUT2D eigenvalue weighted by Crippen LogP contribution is -2.24. The summed E-state index contributed by atoms with van der Waals surface area (Å²) in [4.78, 5) is 21.6. The van der Waals surface area contributed by atoms with Gasteiger partial charge in [-0.2, -0.15) is 0 Å². The molecule has 1 amide bonds. The summed E-state index contributed by atoms with van der Waals surface area (Å²) >= 11 is 0. The van der Waals surface area contributed by atoms with Crippen LogP contribution in [0.25, 0.3) is 0 Å². The fourth-order valence-electron chi connectivity index (χ4n) is 1.14. The number of aromatic carboxylic acids is 1. The van der Waals surface area contributed by atoms with Gasteiger partial charge in [-0.3, -0.25) is 0 Å². The van der Waals surface area contributed by atoms with Crippen LogP contribution in [0.1, 0.15) is 15.9 Å². The van der Waals surface area contributed by atoms with Gasteiger partial charge >= 0.3 is 12.1 Å². The Kier molecular flexibility index (Phi) is 5.70. The minimum absolute atomic E-state index is 0.149. The zero-order chi connectivity index (χ0) is 14.1. The maximum atomic E-state index is 11.0. The molecule has 1 rings (SSSR count). The van der Waals surface area contributed by atoms with Gasteiger partial charge in [-0.05, 0) is 24.3 Å². The molecule has 0 bridgehead atoms. The van der Waals surface area contributed by atoms with Crippen LogP contribution in [0.2, 0.25) is 0 Å². The van der Waals surface area contributed by atoms with E-state index in [9.17, 15) is 9.59 Å². The number of benzene rings is 1. The topological polar surface area (TPSA) is 75.6 Å². The van der Waals surface area contributed by atoms with Crippen molar-refractivity contribution in [2.45, 2.75) is 0 Å². The second-order valence-corrected chi connectivity index (χ2v) is 3.42. The first-order chi connectivity index (χ1) is 9.13. The molecule has 0 aliphatic rings. The van der Waals surface area contributed by atoms with Crippen LogP contribution in [0.4, 0.5) is 4.79 Å². The van der Waals surface area contributed by atoms with Gasteiger partial charge in [0.05, 0.1) is 12.1 Å². The van der Waals surface area contributed by atoms with Gasteiger partial charge in [0.25, 0.3) is 0 Å². The van der Waals surface area contributed by atoms with E-state index >= 15 is 0 Å². The highest BCUT2D eigenvalue weighted by molar-refractivity contribution is 5.87. The third kappa shape index (κ3) is 5.41. The predicted molar refractivity (Wildman–Crippen MR) is 69.8 cm³/mol. The highest BCUT2D eigenvalue weighted by atomic mass is 16.5. The largest absolute Gasteiger partial charge is 0.478 e. The molecule has 5 heteroatoms. The van der Waals surface area contributed by atoms with Crippen LogP contribution in [0.15, 0.2) is 36.9 Å². The van der Waals surface area contributed by atoms with Crippen molar-refractivity contribution in [3.05, 3.63) is 48.0 Å². The van der Waals surface area contributed by atoms with Crippen molar-refractivity contribution in [3.8, 4) is 11.8 Å². The number of amides is 1. The zero-order valence-electron chi connectivity index (χ0n) is 10.2. The van der Waals surface area contributed by atoms with E-state index < -0.39 is 12.1 Å². The molecule has 2 N–H and O–H groups in total. The first-order valence-electron chi connectivity index (χ1n) is 5.47. The van der Waals surface area contributed by atoms with E-state index in [2.05, 4.69) is 28.5 Å². The quantitative estimate of drug-likeness (QED) is 0.636. The molecule has 0 saturated carbocycles. The molecular weight excluding hydrogens is 246 g/mol. The number of ether oxygens (including phenoxy) is 1. The maximum Gasteiger partial charge on any atom is 0.408 e. The van der Waals surface area contributed by atoms with Crippen LogP contribution in [0.3, 0.4) is 0 Å². The molecule has 0 saturated heterocycles. The number of hydrogen-bond acceptors (Lipinski definition) is 3. The SMILES string of the molecule is C=CCOC(=O)NCC#Cc1ccc(C(=O)O)cc1. The monoisotopic (exact) mass is 259 g/mol. The summed E-state index contributed by atoms with van der Waals surface area (Å²) in [6.07, 6.45) is 0.908. The molecule has 1 aromatic rings. The first-order valence-corrected chi connectivity index (χ1v) is 5.47. The summed E-state index contributed by atoms with van der Waals surface area (Å²) in [5.41, 5.74) is 0.878. The molecule has 0 aliphatic carbocycles. The van der Waals surface area contributed by atoms with Gasteiger partial charge in [0, 0.05) is 5.56 Å². The van der Waals surface area contributed by atoms with Crippen LogP contribution in [0, 0.1) is 11.8 Å². The molecule has 0 unspecified atom stereocenters. The van der Waals surface area contributed by atoms with Gasteiger partial charge in [-0.15, -0.1) is 0 Å². The summed E-state index contributed by atoms with van der Waals surface area (Å²) in [5.74, 6) is 4.53. The van der Waals surface area contributed by atoms with E-state index in [1.165, 1.54) is 18.2 Å². The van der Waals surface area contributed by atoms with Crippen molar-refractivity contribution in [2.75, 3.05) is 13.2 Å². The average Bonchev–Trinajstić information content (AvgIpc) is 2.41. The van der Waals surface area contributed by atoms with E-state index in [4.69, 9.17) is 5.11 Å². The Morgan fingerprint density at radius 3 is 2.63 bits per heavy atom. The van der Waals surface area contributed by atoms with Crippen molar-refractivity contribution >= 4 is 12.1 Å². The lowest BCUT2D eigenvalue weighted by molar-refractivity contribution is 0.0697. The van der Waals surface area contributed by atoms with Crippen molar-refractivity contribution in [1.82, 2.24) is 5.32 Å². The van der Waals surface area contributed by atoms with Gasteiger partial charge in [-0.25, -0.2) is 9.59 Å². The lowest BCUT2D eigenvalue weighted by Gasteiger charge is -2.00. The van der Waals surface area contributed by atoms with Gasteiger partial charge < -0.3 is 15.2 Å². The van der Waals surface area contributed by atoms with Gasteiger partial charge in [-0.1, -0.05) is 24.5 Å². The minimum Gasteiger partial charge on any atom is -0.478 e. The highest BCUT2D eigenvalue weighted by Crippen LogP contribution is 2.02. The molecule has 0 aromatic heterocycles. The zero-order valence-corrected chi connectivity index (χ0v) is 10.2. The normalized spacial score (nSPS) is 8.84. The Balaban J connectivity index is 2.43. The summed E-state index contributed by atoms with van der Waals surface area (Å²) in [5, 5.41) is 11.2. The number of carboxylic acids is 1. The molecule has 5 nitrogen and oxygen atoms in total. The van der Waals surface area contributed by atoms with Crippen LogP contribution in [0.5, 0.6) is 0 Å². The summed E-state index contributed by atoms with van der Waals surface area (Å²) < 4.78 is 4.68. The Bertz CT molecular complexity index is 523. The highest BCUT2D eigenvalue weighted by Gasteiger charge is 2.00. The standard InChI is InChI=1S/C14H13NO4/c1-2-10-19-14(18)15-9-3-4-11-5-7-12(8-6-11)13(16)17/h2,5-8H,1,9-10H2,(H,15,18)(H,16,17). The second-order valence-electron chi connectivity index (χ2n) is 3.42. The van der Waals surface area contributed by atoms with Crippen LogP contribution in [-0.2, 0) is 4.74 Å². The summed E-state index contributed by atoms with van der Waals surface area (Å²) in [6.45, 7) is 3.71. The van der Waals surface area contributed by atoms with E-state index in [0.29, 0.717) is 5.56 Å². The van der Waals surface area contributed by atoms with Crippen molar-refractivity contribution in [3.63, 3.8) is 0 Å². The lowest BCUT2D eigenvalue weighted by atomic mass is 10.1. The van der Waals surface area contributed by atoms with E-state index in [-0.39, 0.29) is 18.7 Å². The van der Waals surface area contributed by atoms with Gasteiger partial charge in [0.15, 0.2) is 0 Å². The fraction of sp³-hybridized carbons (Fsp3) is 0.143. The Morgan fingerprint density at radius 1 is 1.37 bits per heavy atom. The van der Waals surface area contributed by atoms with E-state index in [1.807, 2.05) is 0 Å². The van der Waals surface area contributed by atoms with E-state index in [1.54, 1.807) is 12.1 Å². The average molecular weight is 259 g/mol. The number of nitrogens with one attached hydrogen (secondary N) is 1. The van der Waals surface area contributed by atoms with E-state index in [0.717, 1.165) is 0 Å². The van der Waals surface area contributed by atoms with Gasteiger partial charge in [0.1, 0.15) is 6.61 Å². The molecule has 19 heavy (non-hydrogen) atoms. The van der Waals surface area contributed by atoms with Gasteiger partial charge in [0.2, 0.25) is 0 Å². The van der Waals surface area contributed by atoms with Crippen molar-refractivity contribution in [2.24, 2.45) is 0 Å². The first kappa shape index (κ1) is 14.3. The summed E-state index contributed by atoms with van der Waals surface area (Å²) in [7, 11) is 0. The third-order valence-corrected chi connectivity index (χ3v) is 2.02. The summed E-state index contributed by atoms with van der Waals surface area (Å²) in [6, 6.07) is 6.15. The second kappa shape index (κ2) is 7.56. The number of rotatable bonds is 4. The number of alkyl carbamates (subject to hydrolysis) is 1. The molecule has 0 aliphatic heterocycles. The molecular formula is C14H13NO4. The third-order valence-electron chi connectivity index (χ3n) is 2.02. The number of carbonyl (C=O) groups excluding carboxylic acids is 1. The van der Waals surface area contributed by atoms with Crippen molar-refractivity contribution < 1.29 is 19.4 Å². The Hall–Kier alpha value is -2.74. The minimum atomic E-state index is -0.980. The number of carboxylic acid groups (broad SMARTS) is 1. The molecule has 1 aromatic carbocycles. The number of carbonyl (C=O) groups is 2. The van der Waals surface area contributed by atoms with Crippen LogP contribution >= 0.6 is 0 Å². The maximum absolute atomic E-state index is 11.0. The molecule has 0 heterocycles. The Labute approximate surface area is 110 Å². The molecule has 0 radical (unpaired) electrons. The molecule has 0 fully saturated rings. The predicted octanol–water partition coefficient (Wildman–Crippen LogP) is 1.65. The smallest absolute Gasteiger partial charge is 0.408 e. The molecule has 98 valence electrons. The molecule has 0 atom stereocenters. The number of hydrogen-bond donors (Lipinski definition) is 2. The fourth-order valence-corrected chi connectivity index (χ4v) is 1.14.